The summed E-state index contributed by atoms with van der Waals surface area (Å²) in [5, 5.41) is 21.4. The molecule has 2 rings (SSSR count). The summed E-state index contributed by atoms with van der Waals surface area (Å²) in [6.45, 7) is 0.776. The van der Waals surface area contributed by atoms with Crippen LogP contribution in [0.2, 0.25) is 0 Å². The second kappa shape index (κ2) is 7.19. The number of carbonyl (C=O) groups is 1. The van der Waals surface area contributed by atoms with Gasteiger partial charge in [-0.05, 0) is 5.92 Å². The van der Waals surface area contributed by atoms with Crippen LogP contribution in [0.3, 0.4) is 0 Å². The second-order valence-electron chi connectivity index (χ2n) is 5.32. The average Bonchev–Trinajstić information content (AvgIpc) is 2.49. The third-order valence-corrected chi connectivity index (χ3v) is 3.97. The van der Waals surface area contributed by atoms with Crippen molar-refractivity contribution in [2.45, 2.75) is 32.1 Å². The Morgan fingerprint density at radius 1 is 1.30 bits per heavy atom. The van der Waals surface area contributed by atoms with Crippen LogP contribution in [0.15, 0.2) is 12.4 Å². The van der Waals surface area contributed by atoms with Crippen molar-refractivity contribution in [2.75, 3.05) is 18.5 Å². The molecule has 1 atom stereocenters. The number of carboxylic acid groups (broad SMARTS) is 1. The van der Waals surface area contributed by atoms with Gasteiger partial charge in [-0.15, -0.1) is 0 Å². The lowest BCUT2D eigenvalue weighted by Gasteiger charge is -2.29. The average molecular weight is 279 g/mol. The lowest BCUT2D eigenvalue weighted by atomic mass is 9.80. The summed E-state index contributed by atoms with van der Waals surface area (Å²) in [5.74, 6) is 0.133. The van der Waals surface area contributed by atoms with E-state index in [0.717, 1.165) is 0 Å². The molecular formula is C14H21N3O3. The molecule has 0 aromatic carbocycles. The van der Waals surface area contributed by atoms with Crippen LogP contribution >= 0.6 is 0 Å². The van der Waals surface area contributed by atoms with Gasteiger partial charge in [0.05, 0.1) is 5.56 Å². The van der Waals surface area contributed by atoms with Gasteiger partial charge in [-0.2, -0.15) is 0 Å². The minimum absolute atomic E-state index is 0.0709. The number of aliphatic hydroxyl groups excluding tert-OH is 1. The van der Waals surface area contributed by atoms with Gasteiger partial charge in [0.15, 0.2) is 0 Å². The molecule has 6 nitrogen and oxygen atoms in total. The lowest BCUT2D eigenvalue weighted by Crippen LogP contribution is -2.28. The van der Waals surface area contributed by atoms with Gasteiger partial charge < -0.3 is 15.5 Å². The van der Waals surface area contributed by atoms with E-state index in [1.807, 2.05) is 0 Å². The maximum absolute atomic E-state index is 10.7. The summed E-state index contributed by atoms with van der Waals surface area (Å²) in [6.07, 6.45) is 8.69. The zero-order valence-corrected chi connectivity index (χ0v) is 11.5. The third kappa shape index (κ3) is 3.90. The predicted octanol–water partition coefficient (Wildman–Crippen LogP) is 1.78. The molecule has 0 bridgehead atoms. The third-order valence-electron chi connectivity index (χ3n) is 3.97. The highest BCUT2D eigenvalue weighted by atomic mass is 16.4. The maximum Gasteiger partial charge on any atom is 0.338 e. The minimum atomic E-state index is -1.04. The molecule has 0 spiro atoms. The van der Waals surface area contributed by atoms with E-state index in [9.17, 15) is 9.90 Å². The largest absolute Gasteiger partial charge is 0.478 e. The van der Waals surface area contributed by atoms with Crippen LogP contribution in [0.4, 0.5) is 5.95 Å². The Morgan fingerprint density at radius 3 is 2.50 bits per heavy atom. The summed E-state index contributed by atoms with van der Waals surface area (Å²) in [6, 6.07) is 0. The van der Waals surface area contributed by atoms with Crippen LogP contribution in [0, 0.1) is 11.8 Å². The van der Waals surface area contributed by atoms with Crippen molar-refractivity contribution in [3.63, 3.8) is 0 Å². The second-order valence-corrected chi connectivity index (χ2v) is 5.32. The number of aliphatic hydroxyl groups is 1. The smallest absolute Gasteiger partial charge is 0.338 e. The SMILES string of the molecule is O=C(O)c1cnc(NCC(CO)C2CCCCC2)nc1. The fourth-order valence-electron chi connectivity index (χ4n) is 2.74. The van der Waals surface area contributed by atoms with Crippen LogP contribution in [0.1, 0.15) is 42.5 Å². The van der Waals surface area contributed by atoms with E-state index in [1.54, 1.807) is 0 Å². The lowest BCUT2D eigenvalue weighted by molar-refractivity contribution is 0.0696. The number of carboxylic acids is 1. The molecule has 1 heterocycles. The van der Waals surface area contributed by atoms with Crippen LogP contribution in [0.5, 0.6) is 0 Å². The van der Waals surface area contributed by atoms with E-state index in [4.69, 9.17) is 5.11 Å². The van der Waals surface area contributed by atoms with Crippen molar-refractivity contribution in [1.82, 2.24) is 9.97 Å². The molecule has 1 unspecified atom stereocenters. The van der Waals surface area contributed by atoms with Crippen molar-refractivity contribution in [2.24, 2.45) is 11.8 Å². The molecule has 1 saturated carbocycles. The molecule has 1 aromatic heterocycles. The Hall–Kier alpha value is -1.69. The molecule has 1 fully saturated rings. The fraction of sp³-hybridized carbons (Fsp3) is 0.643. The molecule has 3 N–H and O–H groups in total. The van der Waals surface area contributed by atoms with Crippen molar-refractivity contribution < 1.29 is 15.0 Å². The van der Waals surface area contributed by atoms with E-state index in [1.165, 1.54) is 44.5 Å². The molecule has 6 heteroatoms. The Kier molecular flexibility index (Phi) is 5.29. The van der Waals surface area contributed by atoms with Crippen LogP contribution in [-0.2, 0) is 0 Å². The number of anilines is 1. The van der Waals surface area contributed by atoms with Crippen molar-refractivity contribution in [3.8, 4) is 0 Å². The highest BCUT2D eigenvalue weighted by molar-refractivity contribution is 5.86. The summed E-state index contributed by atoms with van der Waals surface area (Å²) in [4.78, 5) is 18.6. The van der Waals surface area contributed by atoms with Crippen molar-refractivity contribution >= 4 is 11.9 Å². The zero-order chi connectivity index (χ0) is 14.4. The fourth-order valence-corrected chi connectivity index (χ4v) is 2.74. The Labute approximate surface area is 118 Å². The van der Waals surface area contributed by atoms with E-state index >= 15 is 0 Å². The first kappa shape index (κ1) is 14.7. The Balaban J connectivity index is 1.87. The van der Waals surface area contributed by atoms with Gasteiger partial charge >= 0.3 is 5.97 Å². The number of aromatic carboxylic acids is 1. The predicted molar refractivity (Wildman–Crippen MR) is 74.6 cm³/mol. The minimum Gasteiger partial charge on any atom is -0.478 e. The van der Waals surface area contributed by atoms with Crippen LogP contribution in [0.25, 0.3) is 0 Å². The standard InChI is InChI=1S/C14H21N3O3/c18-9-12(10-4-2-1-3-5-10)8-17-14-15-6-11(7-16-14)13(19)20/h6-7,10,12,18H,1-5,8-9H2,(H,19,20)(H,15,16,17). The van der Waals surface area contributed by atoms with Gasteiger partial charge in [-0.25, -0.2) is 14.8 Å². The van der Waals surface area contributed by atoms with Crippen LogP contribution in [-0.4, -0.2) is 39.3 Å². The number of aromatic nitrogens is 2. The molecule has 0 amide bonds. The monoisotopic (exact) mass is 279 g/mol. The van der Waals surface area contributed by atoms with Crippen molar-refractivity contribution in [1.29, 1.82) is 0 Å². The first-order valence-corrected chi connectivity index (χ1v) is 7.10. The summed E-state index contributed by atoms with van der Waals surface area (Å²) < 4.78 is 0. The molecule has 0 radical (unpaired) electrons. The van der Waals surface area contributed by atoms with Gasteiger partial charge in [0.1, 0.15) is 0 Å². The molecule has 20 heavy (non-hydrogen) atoms. The Bertz CT molecular complexity index is 430. The number of nitrogens with one attached hydrogen (secondary N) is 1. The highest BCUT2D eigenvalue weighted by Crippen LogP contribution is 2.29. The van der Waals surface area contributed by atoms with Gasteiger partial charge in [0.25, 0.3) is 0 Å². The summed E-state index contributed by atoms with van der Waals surface area (Å²) >= 11 is 0. The molecule has 1 aromatic rings. The first-order valence-electron chi connectivity index (χ1n) is 7.10. The number of rotatable bonds is 6. The quantitative estimate of drug-likeness (QED) is 0.734. The van der Waals surface area contributed by atoms with E-state index < -0.39 is 5.97 Å². The van der Waals surface area contributed by atoms with Gasteiger partial charge in [0.2, 0.25) is 5.95 Å². The summed E-state index contributed by atoms with van der Waals surface area (Å²) in [7, 11) is 0. The van der Waals surface area contributed by atoms with Gasteiger partial charge in [-0.1, -0.05) is 32.1 Å². The van der Waals surface area contributed by atoms with E-state index in [0.29, 0.717) is 18.4 Å². The molecule has 0 saturated heterocycles. The topological polar surface area (TPSA) is 95.3 Å². The highest BCUT2D eigenvalue weighted by Gasteiger charge is 2.23. The molecule has 110 valence electrons. The van der Waals surface area contributed by atoms with Crippen LogP contribution < -0.4 is 5.32 Å². The Morgan fingerprint density at radius 2 is 1.95 bits per heavy atom. The van der Waals surface area contributed by atoms with Crippen molar-refractivity contribution in [3.05, 3.63) is 18.0 Å². The number of nitrogens with zero attached hydrogens (tertiary/aromatic N) is 2. The normalized spacial score (nSPS) is 17.6. The molecular weight excluding hydrogens is 258 g/mol. The summed E-state index contributed by atoms with van der Waals surface area (Å²) in [5.41, 5.74) is 0.0709. The first-order chi connectivity index (χ1) is 9.70. The molecule has 1 aliphatic carbocycles. The maximum atomic E-state index is 10.7. The van der Waals surface area contributed by atoms with E-state index in [2.05, 4.69) is 15.3 Å². The molecule has 1 aliphatic rings. The number of hydrogen-bond acceptors (Lipinski definition) is 5. The number of hydrogen-bond donors (Lipinski definition) is 3. The molecule has 0 aliphatic heterocycles. The van der Waals surface area contributed by atoms with Gasteiger partial charge in [-0.3, -0.25) is 0 Å². The van der Waals surface area contributed by atoms with E-state index in [-0.39, 0.29) is 18.1 Å². The zero-order valence-electron chi connectivity index (χ0n) is 11.5. The van der Waals surface area contributed by atoms with Gasteiger partial charge in [0, 0.05) is 31.5 Å².